The Kier molecular flexibility index (Phi) is 5.19. The third-order valence-corrected chi connectivity index (χ3v) is 3.92. The van der Waals surface area contributed by atoms with Gasteiger partial charge in [0.1, 0.15) is 0 Å². The second-order valence-corrected chi connectivity index (χ2v) is 5.19. The van der Waals surface area contributed by atoms with Gasteiger partial charge in [-0.2, -0.15) is 0 Å². The Labute approximate surface area is 77.1 Å². The maximum absolute atomic E-state index is 3.38. The highest BCUT2D eigenvalue weighted by atomic mass is 31.1. The van der Waals surface area contributed by atoms with Crippen molar-refractivity contribution >= 4 is 7.53 Å². The molecule has 0 spiro atoms. The lowest BCUT2D eigenvalue weighted by Crippen LogP contribution is -1.76. The summed E-state index contributed by atoms with van der Waals surface area (Å²) in [6.45, 7) is 2.26. The summed E-state index contributed by atoms with van der Waals surface area (Å²) in [5.74, 6) is 5.69. The molecule has 1 heterocycles. The van der Waals surface area contributed by atoms with Crippen molar-refractivity contribution in [3.8, 4) is 0 Å². The van der Waals surface area contributed by atoms with Gasteiger partial charge >= 0.3 is 0 Å². The minimum atomic E-state index is 0.0479. The Morgan fingerprint density at radius 3 is 2.67 bits per heavy atom. The summed E-state index contributed by atoms with van der Waals surface area (Å²) in [5, 5.41) is 0. The molecule has 0 aromatic carbocycles. The van der Waals surface area contributed by atoms with Crippen LogP contribution in [0.25, 0.3) is 0 Å². The van der Waals surface area contributed by atoms with Crippen LogP contribution < -0.4 is 0 Å². The summed E-state index contributed by atoms with van der Waals surface area (Å²) in [6.07, 6.45) is 8.37. The maximum Gasteiger partial charge on any atom is 0.00512 e. The molecular formula is C11H18P. The van der Waals surface area contributed by atoms with Crippen LogP contribution in [0.1, 0.15) is 39.0 Å². The van der Waals surface area contributed by atoms with Crippen LogP contribution in [0, 0.1) is 5.80 Å². The SMILES string of the molecule is CCCCCCCp1[c]ccc1. The predicted molar refractivity (Wildman–Crippen MR) is 56.7 cm³/mol. The van der Waals surface area contributed by atoms with Crippen molar-refractivity contribution in [1.29, 1.82) is 0 Å². The fourth-order valence-electron chi connectivity index (χ4n) is 1.35. The summed E-state index contributed by atoms with van der Waals surface area (Å²) in [7, 11) is 0.0479. The third kappa shape index (κ3) is 3.97. The minimum Gasteiger partial charge on any atom is -0.116 e. The van der Waals surface area contributed by atoms with Gasteiger partial charge in [-0.3, -0.25) is 0 Å². The minimum absolute atomic E-state index is 0.0479. The first-order chi connectivity index (χ1) is 5.93. The van der Waals surface area contributed by atoms with E-state index < -0.39 is 0 Å². The highest BCUT2D eigenvalue weighted by Crippen LogP contribution is 2.28. The lowest BCUT2D eigenvalue weighted by molar-refractivity contribution is 0.648. The van der Waals surface area contributed by atoms with Crippen LogP contribution in [0.3, 0.4) is 0 Å². The molecule has 0 amide bonds. The summed E-state index contributed by atoms with van der Waals surface area (Å²) in [5.41, 5.74) is 0. The summed E-state index contributed by atoms with van der Waals surface area (Å²) in [4.78, 5) is 0. The number of hydrogen-bond donors (Lipinski definition) is 0. The second kappa shape index (κ2) is 6.31. The van der Waals surface area contributed by atoms with E-state index in [-0.39, 0.29) is 7.53 Å². The van der Waals surface area contributed by atoms with Crippen LogP contribution >= 0.6 is 7.53 Å². The number of unbranched alkanes of at least 4 members (excludes halogenated alkanes) is 4. The molecule has 1 rings (SSSR count). The summed E-state index contributed by atoms with van der Waals surface area (Å²) in [6, 6.07) is 4.20. The maximum atomic E-state index is 3.38. The molecule has 0 aliphatic heterocycles. The zero-order valence-corrected chi connectivity index (χ0v) is 8.82. The van der Waals surface area contributed by atoms with Gasteiger partial charge in [-0.25, -0.2) is 0 Å². The van der Waals surface area contributed by atoms with E-state index in [2.05, 4.69) is 30.7 Å². The molecule has 0 aliphatic carbocycles. The van der Waals surface area contributed by atoms with Crippen molar-refractivity contribution in [2.75, 3.05) is 0 Å². The monoisotopic (exact) mass is 181 g/mol. The first kappa shape index (κ1) is 9.86. The fraction of sp³-hybridized carbons (Fsp3) is 0.636. The van der Waals surface area contributed by atoms with E-state index in [0.29, 0.717) is 0 Å². The van der Waals surface area contributed by atoms with Crippen molar-refractivity contribution in [3.63, 3.8) is 0 Å². The Balaban J connectivity index is 1.96. The smallest absolute Gasteiger partial charge is 0.00512 e. The summed E-state index contributed by atoms with van der Waals surface area (Å²) < 4.78 is 0. The van der Waals surface area contributed by atoms with E-state index in [1.165, 1.54) is 38.3 Å². The highest BCUT2D eigenvalue weighted by molar-refractivity contribution is 7.47. The van der Waals surface area contributed by atoms with Crippen LogP contribution in [0.15, 0.2) is 17.9 Å². The molecule has 0 nitrogen and oxygen atoms in total. The van der Waals surface area contributed by atoms with Gasteiger partial charge in [-0.05, 0) is 24.4 Å². The lowest BCUT2D eigenvalue weighted by atomic mass is 10.2. The predicted octanol–water partition coefficient (Wildman–Crippen LogP) is 4.44. The Hall–Kier alpha value is -0.220. The second-order valence-electron chi connectivity index (χ2n) is 3.24. The molecule has 1 aromatic rings. The van der Waals surface area contributed by atoms with Crippen molar-refractivity contribution in [1.82, 2.24) is 0 Å². The van der Waals surface area contributed by atoms with Gasteiger partial charge in [-0.15, -0.1) is 7.53 Å². The zero-order valence-electron chi connectivity index (χ0n) is 7.92. The van der Waals surface area contributed by atoms with Crippen LogP contribution in [0.4, 0.5) is 0 Å². The van der Waals surface area contributed by atoms with Crippen LogP contribution in [-0.4, -0.2) is 0 Å². The molecule has 0 saturated carbocycles. The molecule has 1 heteroatoms. The van der Waals surface area contributed by atoms with Crippen molar-refractivity contribution < 1.29 is 0 Å². The van der Waals surface area contributed by atoms with Crippen molar-refractivity contribution in [2.24, 2.45) is 0 Å². The van der Waals surface area contributed by atoms with Crippen LogP contribution in [0.5, 0.6) is 0 Å². The zero-order chi connectivity index (χ0) is 8.65. The quantitative estimate of drug-likeness (QED) is 0.569. The van der Waals surface area contributed by atoms with Crippen LogP contribution in [-0.2, 0) is 6.16 Å². The third-order valence-electron chi connectivity index (χ3n) is 2.11. The lowest BCUT2D eigenvalue weighted by Gasteiger charge is -1.98. The van der Waals surface area contributed by atoms with E-state index in [9.17, 15) is 0 Å². The average Bonchev–Trinajstić information content (AvgIpc) is 2.57. The molecular weight excluding hydrogens is 163 g/mol. The van der Waals surface area contributed by atoms with E-state index >= 15 is 0 Å². The standard InChI is InChI=1S/C11H18P/c1-2-3-4-5-6-9-12-10-7-8-11-12/h7-8,10H,2-6,9H2,1H3. The number of aryl methyl sites for hydroxylation is 1. The molecule has 1 unspecified atom stereocenters. The molecule has 1 atom stereocenters. The van der Waals surface area contributed by atoms with E-state index in [1.807, 2.05) is 0 Å². The van der Waals surface area contributed by atoms with E-state index in [1.54, 1.807) is 0 Å². The first-order valence-electron chi connectivity index (χ1n) is 4.96. The topological polar surface area (TPSA) is 0 Å². The molecule has 0 fully saturated rings. The number of rotatable bonds is 6. The first-order valence-corrected chi connectivity index (χ1v) is 6.56. The van der Waals surface area contributed by atoms with E-state index in [4.69, 9.17) is 0 Å². The molecule has 0 bridgehead atoms. The van der Waals surface area contributed by atoms with Gasteiger partial charge in [0, 0.05) is 5.80 Å². The Bertz CT molecular complexity index is 177. The molecule has 1 radical (unpaired) electrons. The van der Waals surface area contributed by atoms with Gasteiger partial charge in [0.05, 0.1) is 0 Å². The number of hydrogen-bond acceptors (Lipinski definition) is 0. The van der Waals surface area contributed by atoms with Gasteiger partial charge in [0.25, 0.3) is 0 Å². The van der Waals surface area contributed by atoms with Gasteiger partial charge in [0.2, 0.25) is 0 Å². The van der Waals surface area contributed by atoms with Crippen LogP contribution in [0.2, 0.25) is 0 Å². The Morgan fingerprint density at radius 2 is 2.00 bits per heavy atom. The van der Waals surface area contributed by atoms with Gasteiger partial charge in [0.15, 0.2) is 0 Å². The highest BCUT2D eigenvalue weighted by Gasteiger charge is 1.91. The molecule has 0 aliphatic rings. The van der Waals surface area contributed by atoms with Crippen molar-refractivity contribution in [3.05, 3.63) is 23.7 Å². The molecule has 0 saturated heterocycles. The average molecular weight is 181 g/mol. The van der Waals surface area contributed by atoms with Gasteiger partial charge in [-0.1, -0.05) is 38.7 Å². The van der Waals surface area contributed by atoms with Gasteiger partial charge < -0.3 is 0 Å². The van der Waals surface area contributed by atoms with Crippen molar-refractivity contribution in [2.45, 2.75) is 45.2 Å². The van der Waals surface area contributed by atoms with E-state index in [0.717, 1.165) is 0 Å². The summed E-state index contributed by atoms with van der Waals surface area (Å²) >= 11 is 0. The normalized spacial score (nSPS) is 10.4. The largest absolute Gasteiger partial charge is 0.116 e. The molecule has 12 heavy (non-hydrogen) atoms. The Morgan fingerprint density at radius 1 is 1.17 bits per heavy atom. The fourth-order valence-corrected chi connectivity index (χ4v) is 2.85. The molecule has 1 aromatic heterocycles. The molecule has 67 valence electrons. The molecule has 0 N–H and O–H groups in total.